The highest BCUT2D eigenvalue weighted by molar-refractivity contribution is 6.10. The minimum atomic E-state index is -0.590. The van der Waals surface area contributed by atoms with Gasteiger partial charge < -0.3 is 14.5 Å². The number of nitrogens with zero attached hydrogens (tertiary/aromatic N) is 2. The Labute approximate surface area is 159 Å². The van der Waals surface area contributed by atoms with Crippen molar-refractivity contribution in [3.63, 3.8) is 0 Å². The van der Waals surface area contributed by atoms with Gasteiger partial charge in [0.1, 0.15) is 11.2 Å². The monoisotopic (exact) mass is 364 g/mol. The standard InChI is InChI=1S/C22H24N2O3/c1-15(2)20(25)23-13-22(14-23)18-6-4-5-7-19(18)24(21(22)26)12-16-8-10-17(27-3)11-9-16/h4-11,15H,12-14H2,1-3H3. The number of methoxy groups -OCH3 is 1. The summed E-state index contributed by atoms with van der Waals surface area (Å²) in [6.07, 6.45) is 0. The topological polar surface area (TPSA) is 49.9 Å². The minimum Gasteiger partial charge on any atom is -0.497 e. The average molecular weight is 364 g/mol. The van der Waals surface area contributed by atoms with Crippen molar-refractivity contribution in [3.8, 4) is 5.75 Å². The van der Waals surface area contributed by atoms with E-state index in [1.54, 1.807) is 12.0 Å². The summed E-state index contributed by atoms with van der Waals surface area (Å²) in [6, 6.07) is 15.7. The molecule has 1 saturated heterocycles. The normalized spacial score (nSPS) is 17.3. The maximum absolute atomic E-state index is 13.4. The van der Waals surface area contributed by atoms with E-state index in [4.69, 9.17) is 4.74 Å². The zero-order valence-electron chi connectivity index (χ0n) is 15.9. The SMILES string of the molecule is COc1ccc(CN2C(=O)C3(CN(C(=O)C(C)C)C3)c3ccccc32)cc1. The molecule has 0 N–H and O–H groups in total. The third-order valence-corrected chi connectivity index (χ3v) is 5.59. The first kappa shape index (κ1) is 17.6. The van der Waals surface area contributed by atoms with Gasteiger partial charge in [-0.1, -0.05) is 44.2 Å². The molecule has 2 heterocycles. The summed E-state index contributed by atoms with van der Waals surface area (Å²) in [7, 11) is 1.64. The van der Waals surface area contributed by atoms with E-state index in [2.05, 4.69) is 0 Å². The van der Waals surface area contributed by atoms with Crippen LogP contribution in [0.25, 0.3) is 0 Å². The third kappa shape index (κ3) is 2.69. The molecule has 2 aromatic rings. The number of likely N-dealkylation sites (tertiary alicyclic amines) is 1. The summed E-state index contributed by atoms with van der Waals surface area (Å²) in [5, 5.41) is 0. The number of carbonyl (C=O) groups is 2. The van der Waals surface area contributed by atoms with Crippen LogP contribution < -0.4 is 9.64 Å². The Kier molecular flexibility index (Phi) is 4.17. The van der Waals surface area contributed by atoms with Gasteiger partial charge >= 0.3 is 0 Å². The Hall–Kier alpha value is -2.82. The van der Waals surface area contributed by atoms with Crippen molar-refractivity contribution in [2.24, 2.45) is 5.92 Å². The van der Waals surface area contributed by atoms with Gasteiger partial charge in [-0.15, -0.1) is 0 Å². The minimum absolute atomic E-state index is 0.0514. The number of anilines is 1. The van der Waals surface area contributed by atoms with Crippen LogP contribution in [0.4, 0.5) is 5.69 Å². The fraction of sp³-hybridized carbons (Fsp3) is 0.364. The average Bonchev–Trinajstić information content (AvgIpc) is 2.89. The molecular formula is C22H24N2O3. The molecule has 4 rings (SSSR count). The van der Waals surface area contributed by atoms with E-state index < -0.39 is 5.41 Å². The molecule has 0 aliphatic carbocycles. The molecule has 140 valence electrons. The maximum atomic E-state index is 13.4. The van der Waals surface area contributed by atoms with Gasteiger partial charge in [-0.05, 0) is 29.3 Å². The van der Waals surface area contributed by atoms with Gasteiger partial charge in [0.15, 0.2) is 0 Å². The van der Waals surface area contributed by atoms with Crippen molar-refractivity contribution in [3.05, 3.63) is 59.7 Å². The molecule has 0 saturated carbocycles. The Balaban J connectivity index is 1.62. The zero-order valence-corrected chi connectivity index (χ0v) is 15.9. The number of carbonyl (C=O) groups excluding carboxylic acids is 2. The van der Waals surface area contributed by atoms with E-state index in [0.29, 0.717) is 19.6 Å². The third-order valence-electron chi connectivity index (χ3n) is 5.59. The second-order valence-corrected chi connectivity index (χ2v) is 7.69. The van der Waals surface area contributed by atoms with Crippen LogP contribution in [0, 0.1) is 5.92 Å². The van der Waals surface area contributed by atoms with Crippen LogP contribution in [0.5, 0.6) is 5.75 Å². The van der Waals surface area contributed by atoms with E-state index in [1.807, 2.05) is 67.3 Å². The van der Waals surface area contributed by atoms with Crippen molar-refractivity contribution < 1.29 is 14.3 Å². The number of para-hydroxylation sites is 1. The number of hydrogen-bond acceptors (Lipinski definition) is 3. The fourth-order valence-corrected chi connectivity index (χ4v) is 4.10. The number of ether oxygens (including phenoxy) is 1. The Morgan fingerprint density at radius 1 is 1.11 bits per heavy atom. The first-order chi connectivity index (χ1) is 13.0. The predicted octanol–water partition coefficient (Wildman–Crippen LogP) is 2.98. The van der Waals surface area contributed by atoms with Crippen LogP contribution in [-0.2, 0) is 21.5 Å². The number of rotatable bonds is 4. The Bertz CT molecular complexity index is 883. The summed E-state index contributed by atoms with van der Waals surface area (Å²) < 4.78 is 5.21. The highest BCUT2D eigenvalue weighted by Crippen LogP contribution is 2.48. The molecule has 1 fully saturated rings. The first-order valence-electron chi connectivity index (χ1n) is 9.29. The number of fused-ring (bicyclic) bond motifs is 2. The van der Waals surface area contributed by atoms with Crippen molar-refractivity contribution in [1.82, 2.24) is 4.90 Å². The van der Waals surface area contributed by atoms with Crippen LogP contribution in [0.15, 0.2) is 48.5 Å². The highest BCUT2D eigenvalue weighted by atomic mass is 16.5. The molecule has 2 aliphatic rings. The van der Waals surface area contributed by atoms with Gasteiger partial charge in [-0.2, -0.15) is 0 Å². The lowest BCUT2D eigenvalue weighted by atomic mass is 9.74. The molecule has 5 heteroatoms. The number of benzene rings is 2. The van der Waals surface area contributed by atoms with Crippen LogP contribution in [-0.4, -0.2) is 36.9 Å². The predicted molar refractivity (Wildman–Crippen MR) is 104 cm³/mol. The molecule has 0 unspecified atom stereocenters. The second kappa shape index (κ2) is 6.41. The van der Waals surface area contributed by atoms with Crippen molar-refractivity contribution in [2.45, 2.75) is 25.8 Å². The van der Waals surface area contributed by atoms with E-state index >= 15 is 0 Å². The van der Waals surface area contributed by atoms with Gasteiger partial charge in [0.2, 0.25) is 11.8 Å². The van der Waals surface area contributed by atoms with Crippen LogP contribution in [0.2, 0.25) is 0 Å². The van der Waals surface area contributed by atoms with Gasteiger partial charge in [0.05, 0.1) is 13.7 Å². The van der Waals surface area contributed by atoms with Gasteiger partial charge in [0.25, 0.3) is 0 Å². The molecule has 27 heavy (non-hydrogen) atoms. The van der Waals surface area contributed by atoms with Crippen LogP contribution in [0.1, 0.15) is 25.0 Å². The Morgan fingerprint density at radius 2 is 1.78 bits per heavy atom. The summed E-state index contributed by atoms with van der Waals surface area (Å²) in [6.45, 7) is 5.25. The van der Waals surface area contributed by atoms with Gasteiger partial charge in [-0.25, -0.2) is 0 Å². The molecule has 1 spiro atoms. The molecular weight excluding hydrogens is 340 g/mol. The van der Waals surface area contributed by atoms with E-state index in [1.165, 1.54) is 0 Å². The molecule has 0 bridgehead atoms. The number of amides is 2. The van der Waals surface area contributed by atoms with Crippen molar-refractivity contribution >= 4 is 17.5 Å². The van der Waals surface area contributed by atoms with Crippen LogP contribution in [0.3, 0.4) is 0 Å². The van der Waals surface area contributed by atoms with Crippen molar-refractivity contribution in [2.75, 3.05) is 25.1 Å². The Morgan fingerprint density at radius 3 is 2.41 bits per heavy atom. The smallest absolute Gasteiger partial charge is 0.241 e. The largest absolute Gasteiger partial charge is 0.497 e. The second-order valence-electron chi connectivity index (χ2n) is 7.69. The van der Waals surface area contributed by atoms with Crippen molar-refractivity contribution in [1.29, 1.82) is 0 Å². The molecule has 2 aromatic carbocycles. The molecule has 0 atom stereocenters. The zero-order chi connectivity index (χ0) is 19.2. The van der Waals surface area contributed by atoms with Gasteiger partial charge in [0, 0.05) is 24.7 Å². The molecule has 2 aliphatic heterocycles. The number of hydrogen-bond donors (Lipinski definition) is 0. The summed E-state index contributed by atoms with van der Waals surface area (Å²) in [4.78, 5) is 29.4. The summed E-state index contributed by atoms with van der Waals surface area (Å²) in [5.41, 5.74) is 2.45. The van der Waals surface area contributed by atoms with E-state index in [-0.39, 0.29) is 17.7 Å². The highest BCUT2D eigenvalue weighted by Gasteiger charge is 2.59. The molecule has 2 amide bonds. The maximum Gasteiger partial charge on any atom is 0.241 e. The summed E-state index contributed by atoms with van der Waals surface area (Å²) >= 11 is 0. The van der Waals surface area contributed by atoms with Crippen LogP contribution >= 0.6 is 0 Å². The summed E-state index contributed by atoms with van der Waals surface area (Å²) in [5.74, 6) is 0.946. The van der Waals surface area contributed by atoms with E-state index in [0.717, 1.165) is 22.6 Å². The molecule has 0 aromatic heterocycles. The van der Waals surface area contributed by atoms with E-state index in [9.17, 15) is 9.59 Å². The molecule has 0 radical (unpaired) electrons. The van der Waals surface area contributed by atoms with Gasteiger partial charge in [-0.3, -0.25) is 9.59 Å². The first-order valence-corrected chi connectivity index (χ1v) is 9.29. The lowest BCUT2D eigenvalue weighted by molar-refractivity contribution is -0.146. The lowest BCUT2D eigenvalue weighted by Gasteiger charge is -2.47. The lowest BCUT2D eigenvalue weighted by Crippen LogP contribution is -2.65. The fourth-order valence-electron chi connectivity index (χ4n) is 4.10. The molecule has 5 nitrogen and oxygen atoms in total. The quantitative estimate of drug-likeness (QED) is 0.838.